The van der Waals surface area contributed by atoms with Crippen LogP contribution in [0.5, 0.6) is 0 Å². The molecule has 0 fully saturated rings. The lowest BCUT2D eigenvalue weighted by Gasteiger charge is -2.07. The molecule has 5 nitrogen and oxygen atoms in total. The van der Waals surface area contributed by atoms with Gasteiger partial charge in [-0.25, -0.2) is 5.43 Å². The number of hydrogen-bond donors (Lipinski definition) is 2. The molecule has 0 radical (unpaired) electrons. The second-order valence-corrected chi connectivity index (χ2v) is 5.74. The summed E-state index contributed by atoms with van der Waals surface area (Å²) in [6.07, 6.45) is 1.57. The minimum Gasteiger partial charge on any atom is -0.318 e. The van der Waals surface area contributed by atoms with Crippen molar-refractivity contribution in [3.63, 3.8) is 0 Å². The fourth-order valence-corrected chi connectivity index (χ4v) is 2.14. The van der Waals surface area contributed by atoms with Crippen LogP contribution in [0.15, 0.2) is 53.6 Å². The van der Waals surface area contributed by atoms with Crippen molar-refractivity contribution in [2.24, 2.45) is 5.10 Å². The van der Waals surface area contributed by atoms with E-state index in [2.05, 4.69) is 15.8 Å². The van der Waals surface area contributed by atoms with Crippen molar-refractivity contribution in [2.75, 3.05) is 5.32 Å². The number of nitrogens with zero attached hydrogens (tertiary/aromatic N) is 1. The summed E-state index contributed by atoms with van der Waals surface area (Å²) in [6, 6.07) is 14.7. The molecule has 0 spiro atoms. The minimum atomic E-state index is -0.844. The van der Waals surface area contributed by atoms with Crippen LogP contribution in [-0.2, 0) is 9.59 Å². The second-order valence-electron chi connectivity index (χ2n) is 5.34. The molecule has 6 heteroatoms. The third-order valence-corrected chi connectivity index (χ3v) is 3.83. The van der Waals surface area contributed by atoms with Crippen LogP contribution in [0.3, 0.4) is 0 Å². The van der Waals surface area contributed by atoms with Gasteiger partial charge < -0.3 is 5.32 Å². The van der Waals surface area contributed by atoms with E-state index in [0.717, 1.165) is 11.1 Å². The quantitative estimate of drug-likeness (QED) is 0.507. The van der Waals surface area contributed by atoms with Gasteiger partial charge >= 0.3 is 11.8 Å². The number of amides is 2. The molecule has 2 N–H and O–H groups in total. The van der Waals surface area contributed by atoms with Crippen LogP contribution in [0.25, 0.3) is 0 Å². The predicted octanol–water partition coefficient (Wildman–Crippen LogP) is 3.49. The summed E-state index contributed by atoms with van der Waals surface area (Å²) in [6.45, 7) is 3.79. The van der Waals surface area contributed by atoms with E-state index in [9.17, 15) is 9.59 Å². The van der Waals surface area contributed by atoms with Crippen LogP contribution in [0.4, 0.5) is 5.69 Å². The maximum atomic E-state index is 11.8. The molecule has 124 valence electrons. The number of rotatable bonds is 4. The van der Waals surface area contributed by atoms with Crippen molar-refractivity contribution in [3.05, 3.63) is 64.7 Å². The molecule has 0 heterocycles. The van der Waals surface area contributed by atoms with Crippen LogP contribution >= 0.6 is 11.6 Å². The van der Waals surface area contributed by atoms with Crippen molar-refractivity contribution >= 4 is 35.3 Å². The number of halogens is 1. The number of carbonyl (C=O) groups is 2. The minimum absolute atomic E-state index is 0.0190. The van der Waals surface area contributed by atoms with Crippen molar-refractivity contribution in [1.82, 2.24) is 5.43 Å². The molecule has 2 rings (SSSR count). The van der Waals surface area contributed by atoms with E-state index < -0.39 is 11.8 Å². The maximum absolute atomic E-state index is 11.8. The summed E-state index contributed by atoms with van der Waals surface area (Å²) in [5, 5.41) is 6.82. The maximum Gasteiger partial charge on any atom is 0.329 e. The van der Waals surface area contributed by atoms with E-state index in [1.165, 1.54) is 0 Å². The molecular formula is C18H18ClN3O2. The van der Waals surface area contributed by atoms with E-state index >= 15 is 0 Å². The summed E-state index contributed by atoms with van der Waals surface area (Å²) in [4.78, 5) is 23.6. The van der Waals surface area contributed by atoms with E-state index in [4.69, 9.17) is 11.6 Å². The van der Waals surface area contributed by atoms with E-state index in [1.54, 1.807) is 24.4 Å². The molecule has 0 aliphatic heterocycles. The van der Waals surface area contributed by atoms with Crippen molar-refractivity contribution in [1.29, 1.82) is 0 Å². The molecular weight excluding hydrogens is 326 g/mol. The Morgan fingerprint density at radius 1 is 1.12 bits per heavy atom. The van der Waals surface area contributed by atoms with Crippen LogP contribution in [-0.4, -0.2) is 18.0 Å². The molecule has 0 aliphatic carbocycles. The molecule has 0 aromatic heterocycles. The Hall–Kier alpha value is -2.66. The zero-order valence-corrected chi connectivity index (χ0v) is 14.2. The van der Waals surface area contributed by atoms with Gasteiger partial charge in [0.25, 0.3) is 0 Å². The first-order valence-electron chi connectivity index (χ1n) is 7.43. The van der Waals surface area contributed by atoms with Crippen LogP contribution in [0.1, 0.15) is 24.0 Å². The number of nitrogens with one attached hydrogen (secondary N) is 2. The lowest BCUT2D eigenvalue weighted by Crippen LogP contribution is -2.32. The standard InChI is InChI=1S/C18H18ClN3O2/c1-12-8-9-15(10-16(12)19)21-17(23)18(24)22-20-11-13(2)14-6-4-3-5-7-14/h3-11,13H,1-2H3,(H,21,23)(H,22,24). The van der Waals surface area contributed by atoms with Crippen molar-refractivity contribution < 1.29 is 9.59 Å². The molecule has 2 aromatic carbocycles. The fraction of sp³-hybridized carbons (Fsp3) is 0.167. The molecule has 2 aromatic rings. The smallest absolute Gasteiger partial charge is 0.318 e. The summed E-state index contributed by atoms with van der Waals surface area (Å²) >= 11 is 5.98. The van der Waals surface area contributed by atoms with Gasteiger partial charge in [-0.05, 0) is 30.2 Å². The molecule has 24 heavy (non-hydrogen) atoms. The zero-order valence-electron chi connectivity index (χ0n) is 13.4. The number of anilines is 1. The normalized spacial score (nSPS) is 12.0. The monoisotopic (exact) mass is 343 g/mol. The Kier molecular flexibility index (Phi) is 6.09. The molecule has 0 bridgehead atoms. The highest BCUT2D eigenvalue weighted by Crippen LogP contribution is 2.19. The van der Waals surface area contributed by atoms with Crippen LogP contribution in [0.2, 0.25) is 5.02 Å². The van der Waals surface area contributed by atoms with E-state index in [-0.39, 0.29) is 5.92 Å². The van der Waals surface area contributed by atoms with Gasteiger partial charge in [-0.2, -0.15) is 5.10 Å². The van der Waals surface area contributed by atoms with Gasteiger partial charge in [0, 0.05) is 22.8 Å². The lowest BCUT2D eigenvalue weighted by atomic mass is 10.0. The highest BCUT2D eigenvalue weighted by Gasteiger charge is 2.13. The number of benzene rings is 2. The average molecular weight is 344 g/mol. The van der Waals surface area contributed by atoms with Gasteiger partial charge in [0.15, 0.2) is 0 Å². The third-order valence-electron chi connectivity index (χ3n) is 3.43. The van der Waals surface area contributed by atoms with Crippen LogP contribution in [0, 0.1) is 6.92 Å². The van der Waals surface area contributed by atoms with Crippen LogP contribution < -0.4 is 10.7 Å². The topological polar surface area (TPSA) is 70.6 Å². The second kappa shape index (κ2) is 8.26. The summed E-state index contributed by atoms with van der Waals surface area (Å²) in [5.41, 5.74) is 4.62. The molecule has 1 unspecified atom stereocenters. The first-order chi connectivity index (χ1) is 11.5. The Labute approximate surface area is 145 Å². The highest BCUT2D eigenvalue weighted by molar-refractivity contribution is 6.39. The van der Waals surface area contributed by atoms with Crippen molar-refractivity contribution in [2.45, 2.75) is 19.8 Å². The predicted molar refractivity (Wildman–Crippen MR) is 96.3 cm³/mol. The summed E-state index contributed by atoms with van der Waals surface area (Å²) in [7, 11) is 0. The SMILES string of the molecule is Cc1ccc(NC(=O)C(=O)NN=CC(C)c2ccccc2)cc1Cl. The number of hydrazone groups is 1. The summed E-state index contributed by atoms with van der Waals surface area (Å²) < 4.78 is 0. The lowest BCUT2D eigenvalue weighted by molar-refractivity contribution is -0.136. The van der Waals surface area contributed by atoms with Gasteiger partial charge in [0.05, 0.1) is 0 Å². The van der Waals surface area contributed by atoms with Gasteiger partial charge in [-0.1, -0.05) is 54.9 Å². The Balaban J connectivity index is 1.88. The van der Waals surface area contributed by atoms with Crippen molar-refractivity contribution in [3.8, 4) is 0 Å². The summed E-state index contributed by atoms with van der Waals surface area (Å²) in [5.74, 6) is -1.63. The average Bonchev–Trinajstić information content (AvgIpc) is 2.58. The van der Waals surface area contributed by atoms with Gasteiger partial charge in [-0.15, -0.1) is 0 Å². The Bertz CT molecular complexity index is 760. The number of aryl methyl sites for hydroxylation is 1. The fourth-order valence-electron chi connectivity index (χ4n) is 1.96. The first-order valence-corrected chi connectivity index (χ1v) is 7.81. The Morgan fingerprint density at radius 2 is 1.83 bits per heavy atom. The molecule has 0 saturated heterocycles. The molecule has 0 saturated carbocycles. The molecule has 2 amide bonds. The van der Waals surface area contributed by atoms with Gasteiger partial charge in [0.2, 0.25) is 0 Å². The molecule has 1 atom stereocenters. The number of hydrogen-bond acceptors (Lipinski definition) is 3. The zero-order chi connectivity index (χ0) is 17.5. The molecule has 0 aliphatic rings. The number of carbonyl (C=O) groups excluding carboxylic acids is 2. The largest absolute Gasteiger partial charge is 0.329 e. The van der Waals surface area contributed by atoms with Gasteiger partial charge in [0.1, 0.15) is 0 Å². The van der Waals surface area contributed by atoms with E-state index in [1.807, 2.05) is 44.2 Å². The first kappa shape index (κ1) is 17.7. The van der Waals surface area contributed by atoms with E-state index in [0.29, 0.717) is 10.7 Å². The third kappa shape index (κ3) is 4.93. The Morgan fingerprint density at radius 3 is 2.50 bits per heavy atom. The van der Waals surface area contributed by atoms with Gasteiger partial charge in [-0.3, -0.25) is 9.59 Å². The highest BCUT2D eigenvalue weighted by atomic mass is 35.5.